The molecule has 0 aliphatic carbocycles. The zero-order valence-corrected chi connectivity index (χ0v) is 19.6. The maximum Gasteiger partial charge on any atom is 0.354 e. The van der Waals surface area contributed by atoms with Crippen molar-refractivity contribution in [3.05, 3.63) is 41.6 Å². The van der Waals surface area contributed by atoms with E-state index in [0.717, 1.165) is 39.6 Å². The van der Waals surface area contributed by atoms with Gasteiger partial charge in [0.05, 0.1) is 15.9 Å². The van der Waals surface area contributed by atoms with Crippen LogP contribution in [-0.2, 0) is 0 Å². The molecule has 2 aliphatic rings. The van der Waals surface area contributed by atoms with E-state index < -0.39 is 5.97 Å². The van der Waals surface area contributed by atoms with Crippen molar-refractivity contribution >= 4 is 32.7 Å². The minimum atomic E-state index is -0.978. The average Bonchev–Trinajstić information content (AvgIpc) is 3.46. The SMILES string of the molecule is CC(C)c1ccc(-c2ccc3nc(N4CC[C@@H](N5CCCCC5)C4)sc3c2)nc1C(=O)O. The van der Waals surface area contributed by atoms with Gasteiger partial charge in [-0.1, -0.05) is 43.7 Å². The summed E-state index contributed by atoms with van der Waals surface area (Å²) in [5, 5.41) is 10.7. The van der Waals surface area contributed by atoms with E-state index in [4.69, 9.17) is 4.98 Å². The molecular formula is C25H30N4O2S. The lowest BCUT2D eigenvalue weighted by molar-refractivity contribution is 0.0689. The number of piperidine rings is 1. The molecule has 168 valence electrons. The topological polar surface area (TPSA) is 69.6 Å². The molecular weight excluding hydrogens is 420 g/mol. The number of hydrogen-bond acceptors (Lipinski definition) is 6. The molecule has 0 spiro atoms. The average molecular weight is 451 g/mol. The van der Waals surface area contributed by atoms with Crippen LogP contribution in [0.4, 0.5) is 5.13 Å². The number of nitrogens with zero attached hydrogens (tertiary/aromatic N) is 4. The first kappa shape index (κ1) is 21.3. The maximum atomic E-state index is 11.7. The molecule has 1 aromatic carbocycles. The third-order valence-corrected chi connectivity index (χ3v) is 7.84. The molecule has 0 bridgehead atoms. The Hall–Kier alpha value is -2.51. The first-order valence-electron chi connectivity index (χ1n) is 11.6. The zero-order valence-electron chi connectivity index (χ0n) is 18.8. The van der Waals surface area contributed by atoms with Gasteiger partial charge in [-0.15, -0.1) is 0 Å². The molecule has 2 fully saturated rings. The standard InChI is InChI=1S/C25H30N4O2S/c1-16(2)19-7-9-20(26-23(19)24(30)31)17-6-8-21-22(14-17)32-25(27-21)29-13-10-18(15-29)28-11-4-3-5-12-28/h6-9,14,16,18H,3-5,10-13,15H2,1-2H3,(H,30,31)/t18-/m1/s1. The van der Waals surface area contributed by atoms with Crippen LogP contribution in [0, 0.1) is 0 Å². The second-order valence-corrected chi connectivity index (χ2v) is 10.3. The first-order chi connectivity index (χ1) is 15.5. The van der Waals surface area contributed by atoms with E-state index >= 15 is 0 Å². The molecule has 32 heavy (non-hydrogen) atoms. The summed E-state index contributed by atoms with van der Waals surface area (Å²) in [7, 11) is 0. The molecule has 3 aromatic rings. The molecule has 6 nitrogen and oxygen atoms in total. The first-order valence-corrected chi connectivity index (χ1v) is 12.5. The predicted octanol–water partition coefficient (Wildman–Crippen LogP) is 5.24. The van der Waals surface area contributed by atoms with Crippen molar-refractivity contribution in [3.8, 4) is 11.3 Å². The van der Waals surface area contributed by atoms with Crippen LogP contribution >= 0.6 is 11.3 Å². The quantitative estimate of drug-likeness (QED) is 0.573. The third kappa shape index (κ3) is 4.11. The number of pyridine rings is 1. The molecule has 0 amide bonds. The maximum absolute atomic E-state index is 11.7. The predicted molar refractivity (Wildman–Crippen MR) is 130 cm³/mol. The van der Waals surface area contributed by atoms with Gasteiger partial charge in [-0.25, -0.2) is 14.8 Å². The second-order valence-electron chi connectivity index (χ2n) is 9.26. The van der Waals surface area contributed by atoms with E-state index in [2.05, 4.69) is 20.9 Å². The molecule has 1 atom stereocenters. The molecule has 7 heteroatoms. The van der Waals surface area contributed by atoms with Crippen molar-refractivity contribution in [2.24, 2.45) is 0 Å². The van der Waals surface area contributed by atoms with Gasteiger partial charge >= 0.3 is 5.97 Å². The van der Waals surface area contributed by atoms with Gasteiger partial charge in [0, 0.05) is 24.7 Å². The number of thiazole rings is 1. The number of carboxylic acids is 1. The van der Waals surface area contributed by atoms with Crippen LogP contribution in [0.3, 0.4) is 0 Å². The lowest BCUT2D eigenvalue weighted by Crippen LogP contribution is -2.40. The summed E-state index contributed by atoms with van der Waals surface area (Å²) >= 11 is 1.72. The zero-order chi connectivity index (χ0) is 22.2. The molecule has 2 saturated heterocycles. The van der Waals surface area contributed by atoms with Gasteiger partial charge in [-0.2, -0.15) is 0 Å². The van der Waals surface area contributed by atoms with E-state index in [-0.39, 0.29) is 11.6 Å². The summed E-state index contributed by atoms with van der Waals surface area (Å²) in [6.07, 6.45) is 5.24. The Morgan fingerprint density at radius 2 is 1.91 bits per heavy atom. The molecule has 0 saturated carbocycles. The van der Waals surface area contributed by atoms with Crippen LogP contribution < -0.4 is 4.90 Å². The lowest BCUT2D eigenvalue weighted by atomic mass is 9.99. The Labute approximate surface area is 192 Å². The second kappa shape index (κ2) is 8.79. The van der Waals surface area contributed by atoms with Crippen molar-refractivity contribution in [1.82, 2.24) is 14.9 Å². The summed E-state index contributed by atoms with van der Waals surface area (Å²) < 4.78 is 1.12. The van der Waals surface area contributed by atoms with Gasteiger partial charge in [0.2, 0.25) is 0 Å². The van der Waals surface area contributed by atoms with Crippen LogP contribution in [0.25, 0.3) is 21.5 Å². The molecule has 0 unspecified atom stereocenters. The molecule has 2 aromatic heterocycles. The van der Waals surface area contributed by atoms with E-state index in [0.29, 0.717) is 11.7 Å². The van der Waals surface area contributed by atoms with Crippen molar-refractivity contribution in [2.45, 2.75) is 51.5 Å². The Morgan fingerprint density at radius 3 is 2.66 bits per heavy atom. The van der Waals surface area contributed by atoms with Gasteiger partial charge in [0.25, 0.3) is 0 Å². The van der Waals surface area contributed by atoms with Gasteiger partial charge in [0.15, 0.2) is 10.8 Å². The molecule has 1 N–H and O–H groups in total. The van der Waals surface area contributed by atoms with E-state index in [9.17, 15) is 9.90 Å². The minimum absolute atomic E-state index is 0.114. The minimum Gasteiger partial charge on any atom is -0.477 e. The summed E-state index contributed by atoms with van der Waals surface area (Å²) in [5.41, 5.74) is 3.52. The fourth-order valence-electron chi connectivity index (χ4n) is 4.97. The highest BCUT2D eigenvalue weighted by Gasteiger charge is 2.30. The highest BCUT2D eigenvalue weighted by molar-refractivity contribution is 7.22. The lowest BCUT2D eigenvalue weighted by Gasteiger charge is -2.32. The Morgan fingerprint density at radius 1 is 1.09 bits per heavy atom. The number of carboxylic acid groups (broad SMARTS) is 1. The number of hydrogen-bond donors (Lipinski definition) is 1. The van der Waals surface area contributed by atoms with E-state index in [1.54, 1.807) is 11.3 Å². The number of aromatic carboxylic acids is 1. The summed E-state index contributed by atoms with van der Waals surface area (Å²) in [5.74, 6) is -0.864. The Kier molecular flexibility index (Phi) is 5.86. The normalized spacial score (nSPS) is 19.8. The fraction of sp³-hybridized carbons (Fsp3) is 0.480. The Bertz CT molecular complexity index is 1140. The van der Waals surface area contributed by atoms with Crippen molar-refractivity contribution < 1.29 is 9.90 Å². The monoisotopic (exact) mass is 450 g/mol. The smallest absolute Gasteiger partial charge is 0.354 e. The highest BCUT2D eigenvalue weighted by Crippen LogP contribution is 2.34. The van der Waals surface area contributed by atoms with Gasteiger partial charge < -0.3 is 10.0 Å². The largest absolute Gasteiger partial charge is 0.477 e. The van der Waals surface area contributed by atoms with Crippen LogP contribution in [-0.4, -0.2) is 58.2 Å². The summed E-state index contributed by atoms with van der Waals surface area (Å²) in [6, 6.07) is 10.6. The van der Waals surface area contributed by atoms with Gasteiger partial charge in [-0.3, -0.25) is 4.90 Å². The third-order valence-electron chi connectivity index (χ3n) is 6.76. The van der Waals surface area contributed by atoms with Crippen molar-refractivity contribution in [3.63, 3.8) is 0 Å². The Balaban J connectivity index is 1.39. The van der Waals surface area contributed by atoms with E-state index in [1.807, 2.05) is 38.1 Å². The number of aromatic nitrogens is 2. The number of rotatable bonds is 5. The van der Waals surface area contributed by atoms with Crippen molar-refractivity contribution in [2.75, 3.05) is 31.1 Å². The van der Waals surface area contributed by atoms with Crippen LogP contribution in [0.5, 0.6) is 0 Å². The summed E-state index contributed by atoms with van der Waals surface area (Å²) in [6.45, 7) is 8.58. The van der Waals surface area contributed by atoms with E-state index in [1.165, 1.54) is 38.8 Å². The highest BCUT2D eigenvalue weighted by atomic mass is 32.1. The van der Waals surface area contributed by atoms with Crippen LogP contribution in [0.15, 0.2) is 30.3 Å². The molecule has 5 rings (SSSR count). The summed E-state index contributed by atoms with van der Waals surface area (Å²) in [4.78, 5) is 26.2. The van der Waals surface area contributed by atoms with Gasteiger partial charge in [0.1, 0.15) is 0 Å². The number of carbonyl (C=O) groups is 1. The van der Waals surface area contributed by atoms with Gasteiger partial charge in [-0.05, 0) is 62.0 Å². The molecule has 0 radical (unpaired) electrons. The van der Waals surface area contributed by atoms with Crippen molar-refractivity contribution in [1.29, 1.82) is 0 Å². The molecule has 4 heterocycles. The fourth-order valence-corrected chi connectivity index (χ4v) is 6.01. The van der Waals surface area contributed by atoms with Crippen LogP contribution in [0.1, 0.15) is 61.5 Å². The number of fused-ring (bicyclic) bond motifs is 1. The number of benzene rings is 1. The number of likely N-dealkylation sites (tertiary alicyclic amines) is 1. The molecule has 2 aliphatic heterocycles. The van der Waals surface area contributed by atoms with Crippen LogP contribution in [0.2, 0.25) is 0 Å². The number of anilines is 1.